The highest BCUT2D eigenvalue weighted by atomic mass is 19.4. The number of alkyl halides is 3. The topological polar surface area (TPSA) is 46.9 Å². The van der Waals surface area contributed by atoms with Crippen LogP contribution in [0.5, 0.6) is 0 Å². The third kappa shape index (κ3) is 4.54. The van der Waals surface area contributed by atoms with Crippen LogP contribution in [0.15, 0.2) is 30.5 Å². The van der Waals surface area contributed by atoms with Gasteiger partial charge in [0.2, 0.25) is 5.91 Å². The molecule has 1 heterocycles. The van der Waals surface area contributed by atoms with E-state index < -0.39 is 17.6 Å². The van der Waals surface area contributed by atoms with Crippen molar-refractivity contribution in [3.63, 3.8) is 0 Å². The lowest BCUT2D eigenvalue weighted by molar-refractivity contribution is -0.140. The first-order chi connectivity index (χ1) is 10.8. The van der Waals surface area contributed by atoms with E-state index in [0.29, 0.717) is 12.5 Å². The zero-order valence-corrected chi connectivity index (χ0v) is 12.3. The van der Waals surface area contributed by atoms with E-state index in [1.807, 2.05) is 0 Å². The number of benzene rings is 1. The molecule has 1 aromatic heterocycles. The monoisotopic (exact) mass is 329 g/mol. The van der Waals surface area contributed by atoms with Crippen molar-refractivity contribution in [2.45, 2.75) is 25.6 Å². The van der Waals surface area contributed by atoms with E-state index >= 15 is 0 Å². The van der Waals surface area contributed by atoms with Gasteiger partial charge in [0.25, 0.3) is 0 Å². The molecule has 0 aliphatic rings. The molecule has 0 atom stereocenters. The Bertz CT molecular complexity index is 694. The van der Waals surface area contributed by atoms with Gasteiger partial charge in [-0.2, -0.15) is 18.3 Å². The summed E-state index contributed by atoms with van der Waals surface area (Å²) in [5, 5.41) is 6.53. The number of hydrogen-bond donors (Lipinski definition) is 1. The molecule has 0 saturated heterocycles. The first kappa shape index (κ1) is 17.0. The molecule has 0 unspecified atom stereocenters. The maximum atomic E-state index is 13.4. The van der Waals surface area contributed by atoms with Crippen LogP contribution in [0.4, 0.5) is 17.6 Å². The fourth-order valence-corrected chi connectivity index (χ4v) is 2.08. The van der Waals surface area contributed by atoms with Crippen LogP contribution in [0.25, 0.3) is 0 Å². The molecule has 4 nitrogen and oxygen atoms in total. The molecule has 124 valence electrons. The summed E-state index contributed by atoms with van der Waals surface area (Å²) in [6.07, 6.45) is -2.40. The quantitative estimate of drug-likeness (QED) is 0.858. The SMILES string of the molecule is Cn1nccc1CCC(=O)NCc1ccc(C(F)(F)F)c(F)c1. The predicted octanol–water partition coefficient (Wildman–Crippen LogP) is 2.83. The zero-order chi connectivity index (χ0) is 17.0. The number of carbonyl (C=O) groups is 1. The first-order valence-corrected chi connectivity index (χ1v) is 6.86. The Morgan fingerprint density at radius 1 is 1.30 bits per heavy atom. The van der Waals surface area contributed by atoms with Crippen molar-refractivity contribution in [3.8, 4) is 0 Å². The highest BCUT2D eigenvalue weighted by Gasteiger charge is 2.33. The molecule has 1 amide bonds. The average molecular weight is 329 g/mol. The molecule has 0 spiro atoms. The molecule has 0 saturated carbocycles. The molecule has 8 heteroatoms. The second kappa shape index (κ2) is 6.80. The zero-order valence-electron chi connectivity index (χ0n) is 12.3. The second-order valence-corrected chi connectivity index (χ2v) is 5.03. The Labute approximate surface area is 130 Å². The minimum absolute atomic E-state index is 0.0285. The maximum absolute atomic E-state index is 13.4. The summed E-state index contributed by atoms with van der Waals surface area (Å²) in [5.41, 5.74) is -0.158. The van der Waals surface area contributed by atoms with Crippen LogP contribution in [-0.2, 0) is 31.0 Å². The van der Waals surface area contributed by atoms with Crippen LogP contribution in [0.3, 0.4) is 0 Å². The summed E-state index contributed by atoms with van der Waals surface area (Å²) < 4.78 is 52.4. The van der Waals surface area contributed by atoms with E-state index in [0.717, 1.165) is 17.8 Å². The first-order valence-electron chi connectivity index (χ1n) is 6.86. The van der Waals surface area contributed by atoms with Crippen LogP contribution in [0.2, 0.25) is 0 Å². The number of halogens is 4. The molecule has 0 aliphatic carbocycles. The van der Waals surface area contributed by atoms with Gasteiger partial charge in [-0.1, -0.05) is 6.07 Å². The molecule has 2 rings (SSSR count). The molecule has 1 aromatic carbocycles. The third-order valence-corrected chi connectivity index (χ3v) is 3.36. The fourth-order valence-electron chi connectivity index (χ4n) is 2.08. The largest absolute Gasteiger partial charge is 0.419 e. The van der Waals surface area contributed by atoms with Crippen molar-refractivity contribution < 1.29 is 22.4 Å². The third-order valence-electron chi connectivity index (χ3n) is 3.36. The molecule has 0 bridgehead atoms. The maximum Gasteiger partial charge on any atom is 0.419 e. The highest BCUT2D eigenvalue weighted by molar-refractivity contribution is 5.76. The predicted molar refractivity (Wildman–Crippen MR) is 74.8 cm³/mol. The summed E-state index contributed by atoms with van der Waals surface area (Å²) in [5.74, 6) is -1.62. The van der Waals surface area contributed by atoms with Crippen LogP contribution in [0.1, 0.15) is 23.2 Å². The van der Waals surface area contributed by atoms with Gasteiger partial charge < -0.3 is 5.32 Å². The van der Waals surface area contributed by atoms with Crippen molar-refractivity contribution in [1.82, 2.24) is 15.1 Å². The van der Waals surface area contributed by atoms with Gasteiger partial charge in [-0.3, -0.25) is 9.48 Å². The number of hydrogen-bond acceptors (Lipinski definition) is 2. The average Bonchev–Trinajstić information content (AvgIpc) is 2.87. The van der Waals surface area contributed by atoms with Gasteiger partial charge >= 0.3 is 6.18 Å². The lowest BCUT2D eigenvalue weighted by atomic mass is 10.1. The standard InChI is InChI=1S/C15H15F4N3O/c1-22-11(6-7-21-22)3-5-14(23)20-9-10-2-4-12(13(16)8-10)15(17,18)19/h2,4,6-8H,3,5,9H2,1H3,(H,20,23). The Kier molecular flexibility index (Phi) is 5.02. The number of aryl methyl sites for hydroxylation is 2. The molecule has 1 N–H and O–H groups in total. The normalized spacial score (nSPS) is 11.5. The number of rotatable bonds is 5. The van der Waals surface area contributed by atoms with E-state index in [4.69, 9.17) is 0 Å². The van der Waals surface area contributed by atoms with Gasteiger partial charge in [-0.25, -0.2) is 4.39 Å². The number of nitrogens with zero attached hydrogens (tertiary/aromatic N) is 2. The summed E-state index contributed by atoms with van der Waals surface area (Å²) in [4.78, 5) is 11.7. The minimum Gasteiger partial charge on any atom is -0.352 e. The van der Waals surface area contributed by atoms with Gasteiger partial charge in [-0.05, 0) is 30.2 Å². The van der Waals surface area contributed by atoms with Crippen molar-refractivity contribution in [2.24, 2.45) is 7.05 Å². The molecule has 0 radical (unpaired) electrons. The number of nitrogens with one attached hydrogen (secondary N) is 1. The highest BCUT2D eigenvalue weighted by Crippen LogP contribution is 2.31. The van der Waals surface area contributed by atoms with E-state index in [9.17, 15) is 22.4 Å². The van der Waals surface area contributed by atoms with Crippen LogP contribution in [-0.4, -0.2) is 15.7 Å². The Morgan fingerprint density at radius 3 is 2.61 bits per heavy atom. The van der Waals surface area contributed by atoms with E-state index in [2.05, 4.69) is 10.4 Å². The van der Waals surface area contributed by atoms with E-state index in [-0.39, 0.29) is 24.4 Å². The van der Waals surface area contributed by atoms with Crippen molar-refractivity contribution in [2.75, 3.05) is 0 Å². The molecule has 2 aromatic rings. The van der Waals surface area contributed by atoms with Crippen molar-refractivity contribution in [3.05, 3.63) is 53.1 Å². The summed E-state index contributed by atoms with van der Waals surface area (Å²) >= 11 is 0. The lowest BCUT2D eigenvalue weighted by Crippen LogP contribution is -2.23. The number of amides is 1. The smallest absolute Gasteiger partial charge is 0.352 e. The summed E-state index contributed by atoms with van der Waals surface area (Å²) in [6, 6.07) is 4.39. The van der Waals surface area contributed by atoms with Gasteiger partial charge in [0, 0.05) is 31.9 Å². The fraction of sp³-hybridized carbons (Fsp3) is 0.333. The Morgan fingerprint density at radius 2 is 2.04 bits per heavy atom. The van der Waals surface area contributed by atoms with Gasteiger partial charge in [0.05, 0.1) is 5.56 Å². The molecule has 0 aliphatic heterocycles. The van der Waals surface area contributed by atoms with E-state index in [1.165, 1.54) is 0 Å². The number of carbonyl (C=O) groups excluding carboxylic acids is 1. The number of aromatic nitrogens is 2. The lowest BCUT2D eigenvalue weighted by Gasteiger charge is -2.10. The second-order valence-electron chi connectivity index (χ2n) is 5.03. The van der Waals surface area contributed by atoms with Crippen molar-refractivity contribution in [1.29, 1.82) is 0 Å². The molecular weight excluding hydrogens is 314 g/mol. The minimum atomic E-state index is -4.73. The van der Waals surface area contributed by atoms with E-state index in [1.54, 1.807) is 24.0 Å². The van der Waals surface area contributed by atoms with Gasteiger partial charge in [0.1, 0.15) is 5.82 Å². The molecule has 23 heavy (non-hydrogen) atoms. The van der Waals surface area contributed by atoms with Crippen LogP contribution < -0.4 is 5.32 Å². The van der Waals surface area contributed by atoms with Crippen LogP contribution >= 0.6 is 0 Å². The molecular formula is C15H15F4N3O. The van der Waals surface area contributed by atoms with Gasteiger partial charge in [0.15, 0.2) is 0 Å². The van der Waals surface area contributed by atoms with Gasteiger partial charge in [-0.15, -0.1) is 0 Å². The van der Waals surface area contributed by atoms with Crippen LogP contribution in [0, 0.1) is 5.82 Å². The Balaban J connectivity index is 1.87. The Hall–Kier alpha value is -2.38. The summed E-state index contributed by atoms with van der Waals surface area (Å²) in [7, 11) is 1.76. The summed E-state index contributed by atoms with van der Waals surface area (Å²) in [6.45, 7) is -0.0285. The molecule has 0 fully saturated rings. The van der Waals surface area contributed by atoms with Crippen molar-refractivity contribution >= 4 is 5.91 Å².